The second-order valence-corrected chi connectivity index (χ2v) is 7.10. The van der Waals surface area contributed by atoms with Gasteiger partial charge in [-0.25, -0.2) is 4.79 Å². The summed E-state index contributed by atoms with van der Waals surface area (Å²) >= 11 is 5.81. The van der Waals surface area contributed by atoms with Crippen LogP contribution in [0.15, 0.2) is 18.3 Å². The zero-order chi connectivity index (χ0) is 15.4. The van der Waals surface area contributed by atoms with Gasteiger partial charge in [-0.1, -0.05) is 37.3 Å². The maximum absolute atomic E-state index is 12.2. The van der Waals surface area contributed by atoms with Gasteiger partial charge in [-0.15, -0.1) is 0 Å². The van der Waals surface area contributed by atoms with Crippen LogP contribution >= 0.6 is 11.6 Å². The summed E-state index contributed by atoms with van der Waals surface area (Å²) < 4.78 is 0. The predicted molar refractivity (Wildman–Crippen MR) is 87.8 cm³/mol. The highest BCUT2D eigenvalue weighted by Crippen LogP contribution is 2.48. The number of rotatable bonds is 3. The first-order valence-corrected chi connectivity index (χ1v) is 8.71. The largest absolute Gasteiger partial charge is 0.335 e. The molecule has 0 saturated heterocycles. The minimum atomic E-state index is -0.0741. The van der Waals surface area contributed by atoms with Crippen LogP contribution in [0.5, 0.6) is 0 Å². The highest BCUT2D eigenvalue weighted by Gasteiger charge is 2.43. The summed E-state index contributed by atoms with van der Waals surface area (Å²) in [5, 5.41) is 6.76. The van der Waals surface area contributed by atoms with Crippen molar-refractivity contribution < 1.29 is 4.79 Å². The van der Waals surface area contributed by atoms with E-state index in [4.69, 9.17) is 11.6 Å². The van der Waals surface area contributed by atoms with Crippen LogP contribution in [0.25, 0.3) is 0 Å². The van der Waals surface area contributed by atoms with Crippen molar-refractivity contribution in [1.82, 2.24) is 15.6 Å². The number of carbonyl (C=O) groups is 1. The first kappa shape index (κ1) is 15.6. The maximum Gasteiger partial charge on any atom is 0.315 e. The highest BCUT2D eigenvalue weighted by atomic mass is 35.5. The fourth-order valence-electron chi connectivity index (χ4n) is 4.10. The molecule has 2 fully saturated rings. The number of hydrogen-bond donors (Lipinski definition) is 2. The van der Waals surface area contributed by atoms with Gasteiger partial charge in [0.15, 0.2) is 0 Å². The van der Waals surface area contributed by atoms with E-state index in [9.17, 15) is 4.79 Å². The number of carbonyl (C=O) groups excluding carboxylic acids is 1. The van der Waals surface area contributed by atoms with Gasteiger partial charge in [-0.3, -0.25) is 4.98 Å². The molecule has 2 aliphatic rings. The van der Waals surface area contributed by atoms with Crippen LogP contribution in [0.3, 0.4) is 0 Å². The Morgan fingerprint density at radius 1 is 1.23 bits per heavy atom. The van der Waals surface area contributed by atoms with Crippen molar-refractivity contribution in [3.05, 3.63) is 29.0 Å². The third-order valence-corrected chi connectivity index (χ3v) is 5.50. The number of pyridine rings is 1. The van der Waals surface area contributed by atoms with Crippen LogP contribution in [-0.2, 0) is 6.54 Å². The van der Waals surface area contributed by atoms with Crippen molar-refractivity contribution in [3.63, 3.8) is 0 Å². The molecule has 22 heavy (non-hydrogen) atoms. The van der Waals surface area contributed by atoms with Crippen molar-refractivity contribution in [2.75, 3.05) is 0 Å². The summed E-state index contributed by atoms with van der Waals surface area (Å²) in [4.78, 5) is 16.4. The van der Waals surface area contributed by atoms with Crippen LogP contribution in [0, 0.1) is 5.41 Å². The molecule has 0 aromatic carbocycles. The molecule has 0 radical (unpaired) electrons. The van der Waals surface area contributed by atoms with Crippen molar-refractivity contribution in [2.45, 2.75) is 64.0 Å². The Balaban J connectivity index is 1.53. The molecule has 1 atom stereocenters. The molecule has 1 spiro atoms. The van der Waals surface area contributed by atoms with Crippen molar-refractivity contribution >= 4 is 17.6 Å². The molecule has 2 saturated carbocycles. The third kappa shape index (κ3) is 3.54. The Kier molecular flexibility index (Phi) is 4.87. The molecule has 1 aromatic heterocycles. The van der Waals surface area contributed by atoms with Crippen molar-refractivity contribution in [2.24, 2.45) is 5.41 Å². The molecule has 5 heteroatoms. The molecule has 1 unspecified atom stereocenters. The van der Waals surface area contributed by atoms with Gasteiger partial charge in [0.2, 0.25) is 0 Å². The normalized spacial score (nSPS) is 23.4. The molecule has 2 aliphatic carbocycles. The van der Waals surface area contributed by atoms with E-state index in [1.807, 2.05) is 6.07 Å². The maximum atomic E-state index is 12.2. The molecular formula is C17H24ClN3O. The van der Waals surface area contributed by atoms with Crippen molar-refractivity contribution in [3.8, 4) is 0 Å². The number of nitrogens with zero attached hydrogens (tertiary/aromatic N) is 1. The second kappa shape index (κ2) is 6.86. The van der Waals surface area contributed by atoms with E-state index in [0.717, 1.165) is 12.1 Å². The van der Waals surface area contributed by atoms with E-state index >= 15 is 0 Å². The van der Waals surface area contributed by atoms with E-state index in [1.54, 1.807) is 12.3 Å². The van der Waals surface area contributed by atoms with Gasteiger partial charge >= 0.3 is 6.03 Å². The van der Waals surface area contributed by atoms with Crippen molar-refractivity contribution in [1.29, 1.82) is 0 Å². The van der Waals surface area contributed by atoms with Crippen LogP contribution in [0.4, 0.5) is 4.79 Å². The third-order valence-electron chi connectivity index (χ3n) is 5.28. The summed E-state index contributed by atoms with van der Waals surface area (Å²) in [7, 11) is 0. The topological polar surface area (TPSA) is 54.0 Å². The molecule has 2 N–H and O–H groups in total. The Morgan fingerprint density at radius 3 is 2.64 bits per heavy atom. The molecule has 120 valence electrons. The van der Waals surface area contributed by atoms with Gasteiger partial charge in [-0.2, -0.15) is 0 Å². The first-order valence-electron chi connectivity index (χ1n) is 8.33. The first-order chi connectivity index (χ1) is 10.7. The second-order valence-electron chi connectivity index (χ2n) is 6.66. The van der Waals surface area contributed by atoms with Gasteiger partial charge in [0.1, 0.15) is 0 Å². The lowest BCUT2D eigenvalue weighted by Gasteiger charge is -2.42. The number of amides is 2. The fourth-order valence-corrected chi connectivity index (χ4v) is 4.21. The number of aromatic nitrogens is 1. The molecular weight excluding hydrogens is 298 g/mol. The Bertz CT molecular complexity index is 511. The van der Waals surface area contributed by atoms with Crippen LogP contribution < -0.4 is 10.6 Å². The number of urea groups is 1. The standard InChI is InChI=1S/C17H24ClN3O/c18-13-6-7-14(19-11-13)12-20-16(22)21-15-5-1-2-8-17(15)9-3-4-10-17/h6-7,11,15H,1-5,8-10,12H2,(H2,20,21,22). The molecule has 0 bridgehead atoms. The summed E-state index contributed by atoms with van der Waals surface area (Å²) in [6.45, 7) is 0.433. The van der Waals surface area contributed by atoms with Gasteiger partial charge in [0.05, 0.1) is 17.3 Å². The average Bonchev–Trinajstić information content (AvgIpc) is 2.98. The Hall–Kier alpha value is -1.29. The van der Waals surface area contributed by atoms with E-state index in [1.165, 1.54) is 44.9 Å². The zero-order valence-electron chi connectivity index (χ0n) is 12.9. The van der Waals surface area contributed by atoms with Gasteiger partial charge in [-0.05, 0) is 43.2 Å². The zero-order valence-corrected chi connectivity index (χ0v) is 13.7. The van der Waals surface area contributed by atoms with E-state index in [2.05, 4.69) is 15.6 Å². The lowest BCUT2D eigenvalue weighted by Crippen LogP contribution is -2.51. The van der Waals surface area contributed by atoms with Crippen LogP contribution in [0.1, 0.15) is 57.1 Å². The summed E-state index contributed by atoms with van der Waals surface area (Å²) in [5.41, 5.74) is 1.19. The monoisotopic (exact) mass is 321 g/mol. The van der Waals surface area contributed by atoms with Crippen LogP contribution in [-0.4, -0.2) is 17.1 Å². The molecule has 1 heterocycles. The number of hydrogen-bond acceptors (Lipinski definition) is 2. The van der Waals surface area contributed by atoms with Gasteiger partial charge in [0, 0.05) is 12.2 Å². The van der Waals surface area contributed by atoms with Crippen LogP contribution in [0.2, 0.25) is 5.02 Å². The Labute approximate surface area is 137 Å². The minimum absolute atomic E-state index is 0.0741. The molecule has 0 aliphatic heterocycles. The predicted octanol–water partition coefficient (Wildman–Crippen LogP) is 4.04. The average molecular weight is 322 g/mol. The Morgan fingerprint density at radius 2 is 1.95 bits per heavy atom. The van der Waals surface area contributed by atoms with Gasteiger partial charge < -0.3 is 10.6 Å². The number of halogens is 1. The quantitative estimate of drug-likeness (QED) is 0.882. The minimum Gasteiger partial charge on any atom is -0.335 e. The molecule has 3 rings (SSSR count). The SMILES string of the molecule is O=C(NCc1ccc(Cl)cn1)NC1CCCCC12CCCC2. The van der Waals surface area contributed by atoms with E-state index < -0.39 is 0 Å². The molecule has 4 nitrogen and oxygen atoms in total. The molecule has 2 amide bonds. The summed E-state index contributed by atoms with van der Waals surface area (Å²) in [6, 6.07) is 3.89. The van der Waals surface area contributed by atoms with E-state index in [-0.39, 0.29) is 6.03 Å². The van der Waals surface area contributed by atoms with E-state index in [0.29, 0.717) is 23.0 Å². The smallest absolute Gasteiger partial charge is 0.315 e. The fraction of sp³-hybridized carbons (Fsp3) is 0.647. The molecule has 1 aromatic rings. The highest BCUT2D eigenvalue weighted by molar-refractivity contribution is 6.30. The number of nitrogens with one attached hydrogen (secondary N) is 2. The van der Waals surface area contributed by atoms with Gasteiger partial charge in [0.25, 0.3) is 0 Å². The lowest BCUT2D eigenvalue weighted by molar-refractivity contribution is 0.133. The lowest BCUT2D eigenvalue weighted by atomic mass is 9.69. The summed E-state index contributed by atoms with van der Waals surface area (Å²) in [5.74, 6) is 0. The summed E-state index contributed by atoms with van der Waals surface area (Å²) in [6.07, 6.45) is 11.7.